The Bertz CT molecular complexity index is 773. The van der Waals surface area contributed by atoms with Crippen LogP contribution < -0.4 is 10.5 Å². The fourth-order valence-electron chi connectivity index (χ4n) is 2.80. The minimum absolute atomic E-state index is 0.0191. The molecule has 0 atom stereocenters. The highest BCUT2D eigenvalue weighted by atomic mass is 35.5. The first-order valence-corrected chi connectivity index (χ1v) is 8.96. The van der Waals surface area contributed by atoms with Crippen LogP contribution in [0.5, 0.6) is 5.75 Å². The summed E-state index contributed by atoms with van der Waals surface area (Å²) in [4.78, 5) is 12.3. The van der Waals surface area contributed by atoms with E-state index in [-0.39, 0.29) is 18.7 Å². The molecule has 0 amide bonds. The van der Waals surface area contributed by atoms with Crippen LogP contribution in [0.2, 0.25) is 10.0 Å². The topological polar surface area (TPSA) is 61.6 Å². The number of halogens is 2. The van der Waals surface area contributed by atoms with Crippen LogP contribution in [0, 0.1) is 0 Å². The van der Waals surface area contributed by atoms with Crippen molar-refractivity contribution in [1.82, 2.24) is 0 Å². The Hall–Kier alpha value is -1.91. The molecule has 2 aromatic carbocycles. The minimum atomic E-state index is -0.341. The van der Waals surface area contributed by atoms with E-state index in [1.165, 1.54) is 0 Å². The maximum atomic E-state index is 12.3. The lowest BCUT2D eigenvalue weighted by molar-refractivity contribution is 0.0317. The zero-order chi connectivity index (χ0) is 17.8. The smallest absolute Gasteiger partial charge is 0.338 e. The highest BCUT2D eigenvalue weighted by Gasteiger charge is 2.20. The van der Waals surface area contributed by atoms with E-state index in [0.29, 0.717) is 27.0 Å². The number of nitrogens with two attached hydrogens (primary N) is 1. The first kappa shape index (κ1) is 17.9. The van der Waals surface area contributed by atoms with Crippen LogP contribution in [-0.4, -0.2) is 12.1 Å². The molecule has 0 aliphatic heterocycles. The number of benzene rings is 2. The normalized spacial score (nSPS) is 14.5. The number of carbonyl (C=O) groups excluding carboxylic acids is 1. The lowest BCUT2D eigenvalue weighted by atomic mass is 10.2. The van der Waals surface area contributed by atoms with Crippen molar-refractivity contribution in [2.45, 2.75) is 38.4 Å². The number of anilines is 1. The van der Waals surface area contributed by atoms with Crippen LogP contribution in [0.3, 0.4) is 0 Å². The van der Waals surface area contributed by atoms with Gasteiger partial charge in [-0.05, 0) is 61.6 Å². The standard InChI is InChI=1S/C19H19Cl2NO3/c20-15-7-5-12(9-16(15)21)11-24-18-10-13(6-8-17(18)22)19(23)25-14-3-1-2-4-14/h5-10,14H,1-4,11,22H2. The monoisotopic (exact) mass is 379 g/mol. The predicted octanol–water partition coefficient (Wildman–Crippen LogP) is 5.25. The van der Waals surface area contributed by atoms with Crippen molar-refractivity contribution in [3.8, 4) is 5.75 Å². The quantitative estimate of drug-likeness (QED) is 0.568. The van der Waals surface area contributed by atoms with Crippen molar-refractivity contribution in [2.24, 2.45) is 0 Å². The van der Waals surface area contributed by atoms with Gasteiger partial charge in [-0.1, -0.05) is 29.3 Å². The number of carbonyl (C=O) groups is 1. The van der Waals surface area contributed by atoms with E-state index < -0.39 is 0 Å². The molecule has 0 aromatic heterocycles. The van der Waals surface area contributed by atoms with Gasteiger partial charge < -0.3 is 15.2 Å². The van der Waals surface area contributed by atoms with Crippen LogP contribution >= 0.6 is 23.2 Å². The summed E-state index contributed by atoms with van der Waals surface area (Å²) >= 11 is 11.9. The molecule has 1 fully saturated rings. The Labute approximate surface area is 156 Å². The van der Waals surface area contributed by atoms with Crippen LogP contribution in [0.4, 0.5) is 5.69 Å². The number of esters is 1. The second-order valence-corrected chi connectivity index (χ2v) is 6.92. The van der Waals surface area contributed by atoms with Crippen molar-refractivity contribution in [2.75, 3.05) is 5.73 Å². The molecule has 1 aliphatic carbocycles. The third kappa shape index (κ3) is 4.59. The predicted molar refractivity (Wildman–Crippen MR) is 99.3 cm³/mol. The van der Waals surface area contributed by atoms with E-state index in [2.05, 4.69) is 0 Å². The molecule has 0 bridgehead atoms. The van der Waals surface area contributed by atoms with Crippen LogP contribution in [0.15, 0.2) is 36.4 Å². The third-order valence-electron chi connectivity index (χ3n) is 4.20. The molecule has 4 nitrogen and oxygen atoms in total. The molecule has 0 saturated heterocycles. The number of nitrogen functional groups attached to an aromatic ring is 1. The number of hydrogen-bond donors (Lipinski definition) is 1. The summed E-state index contributed by atoms with van der Waals surface area (Å²) in [5.41, 5.74) is 7.69. The summed E-state index contributed by atoms with van der Waals surface area (Å²) in [5.74, 6) is 0.0956. The second kappa shape index (κ2) is 7.98. The van der Waals surface area contributed by atoms with Crippen LogP contribution in [0.1, 0.15) is 41.6 Å². The van der Waals surface area contributed by atoms with Gasteiger partial charge in [-0.25, -0.2) is 4.79 Å². The van der Waals surface area contributed by atoms with Crippen LogP contribution in [0.25, 0.3) is 0 Å². The van der Waals surface area contributed by atoms with E-state index in [1.807, 2.05) is 6.07 Å². The SMILES string of the molecule is Nc1ccc(C(=O)OC2CCCC2)cc1OCc1ccc(Cl)c(Cl)c1. The molecule has 6 heteroatoms. The summed E-state index contributed by atoms with van der Waals surface area (Å²) in [6, 6.07) is 10.2. The Balaban J connectivity index is 1.68. The average Bonchev–Trinajstić information content (AvgIpc) is 3.10. The highest BCUT2D eigenvalue weighted by Crippen LogP contribution is 2.28. The van der Waals surface area contributed by atoms with Crippen molar-refractivity contribution in [1.29, 1.82) is 0 Å². The maximum absolute atomic E-state index is 12.3. The van der Waals surface area contributed by atoms with Gasteiger partial charge in [0.05, 0.1) is 21.3 Å². The number of ether oxygens (including phenoxy) is 2. The van der Waals surface area contributed by atoms with Crippen molar-refractivity contribution in [3.05, 3.63) is 57.6 Å². The van der Waals surface area contributed by atoms with E-state index in [4.69, 9.17) is 38.4 Å². The molecule has 0 unspecified atom stereocenters. The molecule has 132 valence electrons. The Morgan fingerprint density at radius 1 is 1.08 bits per heavy atom. The summed E-state index contributed by atoms with van der Waals surface area (Å²) in [7, 11) is 0. The molecule has 0 radical (unpaired) electrons. The maximum Gasteiger partial charge on any atom is 0.338 e. The Kier molecular flexibility index (Phi) is 5.71. The first-order chi connectivity index (χ1) is 12.0. The molecule has 3 rings (SSSR count). The van der Waals surface area contributed by atoms with Crippen molar-refractivity contribution >= 4 is 34.9 Å². The van der Waals surface area contributed by atoms with E-state index in [9.17, 15) is 4.79 Å². The van der Waals surface area contributed by atoms with Crippen molar-refractivity contribution in [3.63, 3.8) is 0 Å². The molecule has 1 aliphatic rings. The van der Waals surface area contributed by atoms with Gasteiger partial charge in [0.15, 0.2) is 0 Å². The van der Waals surface area contributed by atoms with Gasteiger partial charge in [-0.3, -0.25) is 0 Å². The van der Waals surface area contributed by atoms with Gasteiger partial charge in [0, 0.05) is 0 Å². The van der Waals surface area contributed by atoms with Crippen molar-refractivity contribution < 1.29 is 14.3 Å². The third-order valence-corrected chi connectivity index (χ3v) is 4.94. The molecule has 0 spiro atoms. The highest BCUT2D eigenvalue weighted by molar-refractivity contribution is 6.42. The number of hydrogen-bond acceptors (Lipinski definition) is 4. The summed E-state index contributed by atoms with van der Waals surface area (Å²) < 4.78 is 11.3. The zero-order valence-corrected chi connectivity index (χ0v) is 15.1. The molecule has 25 heavy (non-hydrogen) atoms. The second-order valence-electron chi connectivity index (χ2n) is 6.10. The Morgan fingerprint density at radius 2 is 1.84 bits per heavy atom. The molecule has 1 saturated carbocycles. The van der Waals surface area contributed by atoms with E-state index in [0.717, 1.165) is 31.2 Å². The number of rotatable bonds is 5. The molecular formula is C19H19Cl2NO3. The summed E-state index contributed by atoms with van der Waals surface area (Å²) in [5, 5.41) is 0.950. The van der Waals surface area contributed by atoms with Gasteiger partial charge >= 0.3 is 5.97 Å². The molecule has 2 N–H and O–H groups in total. The van der Waals surface area contributed by atoms with Gasteiger partial charge in [-0.2, -0.15) is 0 Å². The van der Waals surface area contributed by atoms with Gasteiger partial charge in [0.25, 0.3) is 0 Å². The summed E-state index contributed by atoms with van der Waals surface area (Å²) in [6.45, 7) is 0.266. The fourth-order valence-corrected chi connectivity index (χ4v) is 3.12. The van der Waals surface area contributed by atoms with Crippen LogP contribution in [-0.2, 0) is 11.3 Å². The molecule has 2 aromatic rings. The van der Waals surface area contributed by atoms with Gasteiger partial charge in [-0.15, -0.1) is 0 Å². The average molecular weight is 380 g/mol. The molecular weight excluding hydrogens is 361 g/mol. The lowest BCUT2D eigenvalue weighted by Gasteiger charge is -2.13. The van der Waals surface area contributed by atoms with E-state index >= 15 is 0 Å². The largest absolute Gasteiger partial charge is 0.487 e. The minimum Gasteiger partial charge on any atom is -0.487 e. The van der Waals surface area contributed by atoms with Gasteiger partial charge in [0.2, 0.25) is 0 Å². The lowest BCUT2D eigenvalue weighted by Crippen LogP contribution is -2.15. The first-order valence-electron chi connectivity index (χ1n) is 8.20. The van der Waals surface area contributed by atoms with Gasteiger partial charge in [0.1, 0.15) is 18.5 Å². The fraction of sp³-hybridized carbons (Fsp3) is 0.316. The van der Waals surface area contributed by atoms with E-state index in [1.54, 1.807) is 30.3 Å². The Morgan fingerprint density at radius 3 is 2.56 bits per heavy atom. The summed E-state index contributed by atoms with van der Waals surface area (Å²) in [6.07, 6.45) is 4.10. The zero-order valence-electron chi connectivity index (χ0n) is 13.6. The molecule has 0 heterocycles.